The zero-order valence-corrected chi connectivity index (χ0v) is 15.0. The van der Waals surface area contributed by atoms with E-state index in [-0.39, 0.29) is 22.5 Å². The summed E-state index contributed by atoms with van der Waals surface area (Å²) in [7, 11) is 0. The highest BCUT2D eigenvalue weighted by atomic mass is 32.2. The molecule has 2 heterocycles. The number of nitrogens with zero attached hydrogens (tertiary/aromatic N) is 1. The zero-order valence-electron chi connectivity index (χ0n) is 14.2. The molecular formula is C18H19F3N2O2S. The Bertz CT molecular complexity index is 761. The van der Waals surface area contributed by atoms with Gasteiger partial charge >= 0.3 is 6.18 Å². The van der Waals surface area contributed by atoms with Crippen LogP contribution in [-0.4, -0.2) is 29.3 Å². The van der Waals surface area contributed by atoms with Gasteiger partial charge in [-0.25, -0.2) is 0 Å². The Morgan fingerprint density at radius 3 is 2.85 bits per heavy atom. The molecule has 1 fully saturated rings. The van der Waals surface area contributed by atoms with Crippen LogP contribution in [0.5, 0.6) is 0 Å². The Morgan fingerprint density at radius 1 is 1.38 bits per heavy atom. The summed E-state index contributed by atoms with van der Waals surface area (Å²) in [5.74, 6) is -0.773. The van der Waals surface area contributed by atoms with Crippen LogP contribution in [0.3, 0.4) is 0 Å². The number of nitrogens with one attached hydrogen (secondary N) is 1. The van der Waals surface area contributed by atoms with Gasteiger partial charge in [0.25, 0.3) is 5.91 Å². The van der Waals surface area contributed by atoms with Crippen molar-refractivity contribution >= 4 is 29.3 Å². The van der Waals surface area contributed by atoms with Crippen molar-refractivity contribution in [3.8, 4) is 0 Å². The summed E-state index contributed by atoms with van der Waals surface area (Å²) < 4.78 is 38.4. The van der Waals surface area contributed by atoms with E-state index in [0.717, 1.165) is 49.6 Å². The zero-order chi connectivity index (χ0) is 18.9. The van der Waals surface area contributed by atoms with Gasteiger partial charge in [-0.15, -0.1) is 0 Å². The van der Waals surface area contributed by atoms with Crippen LogP contribution in [0.2, 0.25) is 0 Å². The van der Waals surface area contributed by atoms with E-state index in [0.29, 0.717) is 11.4 Å². The SMILES string of the molecule is CC[C@H]1CCCCN1C(=O)/C=C1\Sc2ccc(C(F)(F)F)cc2NC1=O. The first-order valence-electron chi connectivity index (χ1n) is 8.52. The van der Waals surface area contributed by atoms with E-state index in [2.05, 4.69) is 5.32 Å². The minimum absolute atomic E-state index is 0.115. The smallest absolute Gasteiger partial charge is 0.336 e. The number of carbonyl (C=O) groups excluding carboxylic acids is 2. The Balaban J connectivity index is 1.81. The van der Waals surface area contributed by atoms with Crippen LogP contribution in [-0.2, 0) is 15.8 Å². The topological polar surface area (TPSA) is 49.4 Å². The first kappa shape index (κ1) is 18.8. The van der Waals surface area contributed by atoms with Crippen LogP contribution in [0.4, 0.5) is 18.9 Å². The number of rotatable bonds is 2. The van der Waals surface area contributed by atoms with E-state index < -0.39 is 17.6 Å². The lowest BCUT2D eigenvalue weighted by molar-refractivity contribution is -0.137. The predicted molar refractivity (Wildman–Crippen MR) is 93.7 cm³/mol. The van der Waals surface area contributed by atoms with Crippen molar-refractivity contribution < 1.29 is 22.8 Å². The van der Waals surface area contributed by atoms with Crippen molar-refractivity contribution in [1.29, 1.82) is 0 Å². The third-order valence-electron chi connectivity index (χ3n) is 4.63. The molecule has 1 aromatic rings. The summed E-state index contributed by atoms with van der Waals surface area (Å²) >= 11 is 1.02. The average Bonchev–Trinajstić information content (AvgIpc) is 2.61. The maximum atomic E-state index is 12.8. The number of hydrogen-bond acceptors (Lipinski definition) is 3. The van der Waals surface area contributed by atoms with Crippen molar-refractivity contribution in [2.75, 3.05) is 11.9 Å². The number of amides is 2. The molecule has 0 bridgehead atoms. The maximum Gasteiger partial charge on any atom is 0.416 e. The van der Waals surface area contributed by atoms with Crippen LogP contribution in [0, 0.1) is 0 Å². The van der Waals surface area contributed by atoms with E-state index >= 15 is 0 Å². The van der Waals surface area contributed by atoms with Gasteiger partial charge < -0.3 is 10.2 Å². The summed E-state index contributed by atoms with van der Waals surface area (Å²) in [6.07, 6.45) is 0.663. The molecular weight excluding hydrogens is 365 g/mol. The fourth-order valence-corrected chi connectivity index (χ4v) is 4.14. The number of alkyl halides is 3. The van der Waals surface area contributed by atoms with E-state index in [1.54, 1.807) is 4.90 Å². The third kappa shape index (κ3) is 3.90. The van der Waals surface area contributed by atoms with Crippen molar-refractivity contribution in [2.45, 2.75) is 49.7 Å². The van der Waals surface area contributed by atoms with Crippen molar-refractivity contribution in [3.63, 3.8) is 0 Å². The van der Waals surface area contributed by atoms with Crippen molar-refractivity contribution in [1.82, 2.24) is 4.90 Å². The van der Waals surface area contributed by atoms with Crippen LogP contribution in [0.25, 0.3) is 0 Å². The molecule has 1 atom stereocenters. The van der Waals surface area contributed by atoms with Gasteiger partial charge in [0.1, 0.15) is 0 Å². The molecule has 1 aromatic carbocycles. The Kier molecular flexibility index (Phi) is 5.32. The van der Waals surface area contributed by atoms with Gasteiger partial charge in [-0.05, 0) is 43.9 Å². The average molecular weight is 384 g/mol. The number of benzene rings is 1. The highest BCUT2D eigenvalue weighted by Gasteiger charge is 2.33. The summed E-state index contributed by atoms with van der Waals surface area (Å²) in [4.78, 5) is 27.3. The summed E-state index contributed by atoms with van der Waals surface area (Å²) in [6, 6.07) is 3.37. The summed E-state index contributed by atoms with van der Waals surface area (Å²) in [5.41, 5.74) is -0.705. The van der Waals surface area contributed by atoms with Gasteiger partial charge in [-0.1, -0.05) is 18.7 Å². The molecule has 2 aliphatic rings. The number of anilines is 1. The normalized spacial score (nSPS) is 22.2. The number of fused-ring (bicyclic) bond motifs is 1. The van der Waals surface area contributed by atoms with Crippen molar-refractivity contribution in [2.24, 2.45) is 0 Å². The molecule has 0 saturated carbocycles. The van der Waals surface area contributed by atoms with Gasteiger partial charge in [0.05, 0.1) is 16.2 Å². The molecule has 0 spiro atoms. The van der Waals surface area contributed by atoms with Crippen LogP contribution in [0.15, 0.2) is 34.1 Å². The Hall–Kier alpha value is -1.96. The largest absolute Gasteiger partial charge is 0.416 e. The Morgan fingerprint density at radius 2 is 2.15 bits per heavy atom. The molecule has 0 unspecified atom stereocenters. The third-order valence-corrected chi connectivity index (χ3v) is 5.73. The number of piperidine rings is 1. The second kappa shape index (κ2) is 7.34. The number of halogens is 3. The lowest BCUT2D eigenvalue weighted by Crippen LogP contribution is -2.42. The number of hydrogen-bond donors (Lipinski definition) is 1. The molecule has 1 N–H and O–H groups in total. The van der Waals surface area contributed by atoms with E-state index in [4.69, 9.17) is 0 Å². The first-order chi connectivity index (χ1) is 12.3. The van der Waals surface area contributed by atoms with Gasteiger partial charge in [-0.3, -0.25) is 9.59 Å². The summed E-state index contributed by atoms with van der Waals surface area (Å²) in [6.45, 7) is 2.69. The molecule has 8 heteroatoms. The standard InChI is InChI=1S/C18H19F3N2O2S/c1-2-12-5-3-4-8-23(12)16(24)10-15-17(25)22-13-9-11(18(19,20)21)6-7-14(13)26-15/h6-7,9-10,12H,2-5,8H2,1H3,(H,22,25)/b15-10-/t12-/m0/s1. The fraction of sp³-hybridized carbons (Fsp3) is 0.444. The number of thioether (sulfide) groups is 1. The minimum Gasteiger partial charge on any atom is -0.336 e. The number of carbonyl (C=O) groups is 2. The van der Waals surface area contributed by atoms with E-state index in [1.807, 2.05) is 6.92 Å². The number of likely N-dealkylation sites (tertiary alicyclic amines) is 1. The molecule has 2 aliphatic heterocycles. The van der Waals surface area contributed by atoms with E-state index in [1.165, 1.54) is 12.1 Å². The fourth-order valence-electron chi connectivity index (χ4n) is 3.25. The Labute approximate surface area is 153 Å². The van der Waals surface area contributed by atoms with Gasteiger partial charge in [0.2, 0.25) is 5.91 Å². The van der Waals surface area contributed by atoms with Crippen LogP contribution in [0.1, 0.15) is 38.2 Å². The lowest BCUT2D eigenvalue weighted by Gasteiger charge is -2.34. The maximum absolute atomic E-state index is 12.8. The summed E-state index contributed by atoms with van der Waals surface area (Å²) in [5, 5.41) is 2.46. The molecule has 140 valence electrons. The second-order valence-corrected chi connectivity index (χ2v) is 7.45. The molecule has 2 amide bonds. The monoisotopic (exact) mass is 384 g/mol. The highest BCUT2D eigenvalue weighted by Crippen LogP contribution is 2.41. The quantitative estimate of drug-likeness (QED) is 0.768. The highest BCUT2D eigenvalue weighted by molar-refractivity contribution is 8.04. The van der Waals surface area contributed by atoms with E-state index in [9.17, 15) is 22.8 Å². The van der Waals surface area contributed by atoms with Crippen molar-refractivity contribution in [3.05, 3.63) is 34.7 Å². The van der Waals surface area contributed by atoms with Gasteiger partial charge in [-0.2, -0.15) is 13.2 Å². The van der Waals surface area contributed by atoms with Gasteiger partial charge in [0, 0.05) is 23.6 Å². The van der Waals surface area contributed by atoms with Gasteiger partial charge in [0.15, 0.2) is 0 Å². The molecule has 1 saturated heterocycles. The molecule has 0 radical (unpaired) electrons. The second-order valence-electron chi connectivity index (χ2n) is 6.36. The molecule has 4 nitrogen and oxygen atoms in total. The molecule has 3 rings (SSSR count). The van der Waals surface area contributed by atoms with Crippen LogP contribution < -0.4 is 5.32 Å². The lowest BCUT2D eigenvalue weighted by atomic mass is 10.00. The predicted octanol–water partition coefficient (Wildman–Crippen LogP) is 4.42. The molecule has 0 aliphatic carbocycles. The van der Waals surface area contributed by atoms with Crippen LogP contribution >= 0.6 is 11.8 Å². The minimum atomic E-state index is -4.47. The first-order valence-corrected chi connectivity index (χ1v) is 9.34. The molecule has 0 aromatic heterocycles. The molecule has 26 heavy (non-hydrogen) atoms.